The smallest absolute Gasteiger partial charge is 0.251 e. The van der Waals surface area contributed by atoms with Gasteiger partial charge in [0.1, 0.15) is 5.82 Å². The van der Waals surface area contributed by atoms with Crippen LogP contribution in [0.25, 0.3) is 10.9 Å². The number of pyridine rings is 1. The Balaban J connectivity index is 1.35. The van der Waals surface area contributed by atoms with Gasteiger partial charge in [0.25, 0.3) is 5.91 Å². The highest BCUT2D eigenvalue weighted by Crippen LogP contribution is 2.38. The molecule has 144 valence electrons. The van der Waals surface area contributed by atoms with Crippen LogP contribution in [-0.4, -0.2) is 17.4 Å². The molecule has 1 aliphatic carbocycles. The summed E-state index contributed by atoms with van der Waals surface area (Å²) in [5.41, 5.74) is 3.92. The van der Waals surface area contributed by atoms with Crippen molar-refractivity contribution in [1.29, 1.82) is 0 Å². The fourth-order valence-electron chi connectivity index (χ4n) is 4.22. The highest BCUT2D eigenvalue weighted by molar-refractivity contribution is 5.94. The highest BCUT2D eigenvalue weighted by Gasteiger charge is 2.24. The molecule has 0 aliphatic heterocycles. The molecule has 0 bridgehead atoms. The third-order valence-corrected chi connectivity index (χ3v) is 5.89. The topological polar surface area (TPSA) is 42.0 Å². The van der Waals surface area contributed by atoms with E-state index in [1.807, 2.05) is 43.5 Å². The summed E-state index contributed by atoms with van der Waals surface area (Å²) >= 11 is 0. The van der Waals surface area contributed by atoms with E-state index in [-0.39, 0.29) is 11.7 Å². The van der Waals surface area contributed by atoms with Crippen LogP contribution in [0.3, 0.4) is 0 Å². The summed E-state index contributed by atoms with van der Waals surface area (Å²) in [5, 5.41) is 4.01. The number of amides is 1. The molecule has 0 saturated heterocycles. The number of benzene rings is 2. The third kappa shape index (κ3) is 4.06. The van der Waals surface area contributed by atoms with Gasteiger partial charge >= 0.3 is 0 Å². The van der Waals surface area contributed by atoms with Gasteiger partial charge in [-0.2, -0.15) is 0 Å². The molecule has 1 amide bonds. The maximum absolute atomic E-state index is 13.7. The van der Waals surface area contributed by atoms with E-state index in [1.165, 1.54) is 11.6 Å². The molecule has 0 radical (unpaired) electrons. The summed E-state index contributed by atoms with van der Waals surface area (Å²) in [6, 6.07) is 14.5. The second kappa shape index (κ2) is 8.09. The fourth-order valence-corrected chi connectivity index (χ4v) is 4.22. The van der Waals surface area contributed by atoms with Crippen molar-refractivity contribution >= 4 is 16.8 Å². The van der Waals surface area contributed by atoms with Crippen molar-refractivity contribution in [2.75, 3.05) is 6.54 Å². The number of carbonyl (C=O) groups excluding carboxylic acids is 1. The highest BCUT2D eigenvalue weighted by atomic mass is 19.1. The van der Waals surface area contributed by atoms with Gasteiger partial charge in [0.05, 0.1) is 5.52 Å². The Hall–Kier alpha value is -2.75. The molecule has 3 aromatic rings. The predicted octanol–water partition coefficient (Wildman–Crippen LogP) is 5.39. The summed E-state index contributed by atoms with van der Waals surface area (Å²) in [4.78, 5) is 16.7. The first-order valence-corrected chi connectivity index (χ1v) is 9.99. The average molecular weight is 376 g/mol. The van der Waals surface area contributed by atoms with Crippen molar-refractivity contribution in [3.05, 3.63) is 77.2 Å². The Labute approximate surface area is 165 Å². The number of nitrogens with zero attached hydrogens (tertiary/aromatic N) is 1. The molecule has 4 rings (SSSR count). The van der Waals surface area contributed by atoms with Gasteiger partial charge in [0.2, 0.25) is 0 Å². The van der Waals surface area contributed by atoms with Gasteiger partial charge < -0.3 is 5.32 Å². The lowest BCUT2D eigenvalue weighted by Gasteiger charge is -2.29. The van der Waals surface area contributed by atoms with E-state index < -0.39 is 0 Å². The summed E-state index contributed by atoms with van der Waals surface area (Å²) in [5.74, 6) is 0.707. The second-order valence-corrected chi connectivity index (χ2v) is 7.86. The quantitative estimate of drug-likeness (QED) is 0.664. The normalized spacial score (nSPS) is 19.5. The van der Waals surface area contributed by atoms with E-state index in [0.717, 1.165) is 42.1 Å². The first kappa shape index (κ1) is 18.6. The van der Waals surface area contributed by atoms with Crippen molar-refractivity contribution in [2.24, 2.45) is 5.92 Å². The molecule has 1 N–H and O–H groups in total. The van der Waals surface area contributed by atoms with E-state index in [0.29, 0.717) is 23.9 Å². The van der Waals surface area contributed by atoms with Crippen LogP contribution in [-0.2, 0) is 0 Å². The minimum Gasteiger partial charge on any atom is -0.352 e. The van der Waals surface area contributed by atoms with Crippen LogP contribution < -0.4 is 5.32 Å². The molecule has 4 heteroatoms. The van der Waals surface area contributed by atoms with E-state index in [1.54, 1.807) is 12.1 Å². The number of nitrogens with one attached hydrogen (secondary N) is 1. The molecule has 0 spiro atoms. The standard InChI is InChI=1S/C24H25FN2O/c1-16-2-6-19(7-3-16)24(28)27-15-17-4-8-18(9-5-17)21-12-13-26-23-11-10-20(25)14-22(21)23/h2-3,6-7,10-14,17-18H,4-5,8-9,15H2,1H3,(H,27,28). The van der Waals surface area contributed by atoms with Crippen molar-refractivity contribution < 1.29 is 9.18 Å². The van der Waals surface area contributed by atoms with Gasteiger partial charge in [0.15, 0.2) is 0 Å². The van der Waals surface area contributed by atoms with Crippen LogP contribution in [0.1, 0.15) is 53.1 Å². The van der Waals surface area contributed by atoms with Crippen molar-refractivity contribution in [1.82, 2.24) is 10.3 Å². The molecular formula is C24H25FN2O. The zero-order valence-corrected chi connectivity index (χ0v) is 16.1. The number of halogens is 1. The maximum Gasteiger partial charge on any atom is 0.251 e. The van der Waals surface area contributed by atoms with Crippen LogP contribution in [0.4, 0.5) is 4.39 Å². The molecule has 3 nitrogen and oxygen atoms in total. The summed E-state index contributed by atoms with van der Waals surface area (Å²) in [6.45, 7) is 2.73. The number of hydrogen-bond acceptors (Lipinski definition) is 2. The Morgan fingerprint density at radius 3 is 2.57 bits per heavy atom. The lowest BCUT2D eigenvalue weighted by atomic mass is 9.78. The van der Waals surface area contributed by atoms with E-state index in [2.05, 4.69) is 10.3 Å². The number of aryl methyl sites for hydroxylation is 1. The summed E-state index contributed by atoms with van der Waals surface area (Å²) in [6.07, 6.45) is 6.07. The number of fused-ring (bicyclic) bond motifs is 1. The SMILES string of the molecule is Cc1ccc(C(=O)NCC2CCC(c3ccnc4ccc(F)cc34)CC2)cc1. The molecule has 1 fully saturated rings. The fraction of sp³-hybridized carbons (Fsp3) is 0.333. The zero-order chi connectivity index (χ0) is 19.5. The Bertz CT molecular complexity index is 976. The van der Waals surface area contributed by atoms with Gasteiger partial charge in [-0.1, -0.05) is 17.7 Å². The first-order valence-electron chi connectivity index (χ1n) is 9.99. The molecule has 0 atom stereocenters. The summed E-state index contributed by atoms with van der Waals surface area (Å²) in [7, 11) is 0. The van der Waals surface area contributed by atoms with Gasteiger partial charge in [-0.25, -0.2) is 4.39 Å². The molecule has 0 unspecified atom stereocenters. The molecule has 1 aliphatic rings. The molecule has 28 heavy (non-hydrogen) atoms. The lowest BCUT2D eigenvalue weighted by molar-refractivity contribution is 0.0943. The Morgan fingerprint density at radius 1 is 1.07 bits per heavy atom. The predicted molar refractivity (Wildman–Crippen MR) is 110 cm³/mol. The maximum atomic E-state index is 13.7. The Morgan fingerprint density at radius 2 is 1.82 bits per heavy atom. The van der Waals surface area contributed by atoms with Crippen molar-refractivity contribution in [3.8, 4) is 0 Å². The van der Waals surface area contributed by atoms with E-state index >= 15 is 0 Å². The third-order valence-electron chi connectivity index (χ3n) is 5.89. The van der Waals surface area contributed by atoms with Gasteiger partial charge in [-0.15, -0.1) is 0 Å². The molecular weight excluding hydrogens is 351 g/mol. The summed E-state index contributed by atoms with van der Waals surface area (Å²) < 4.78 is 13.7. The van der Waals surface area contributed by atoms with Crippen LogP contribution >= 0.6 is 0 Å². The lowest BCUT2D eigenvalue weighted by Crippen LogP contribution is -2.31. The Kier molecular flexibility index (Phi) is 5.38. The van der Waals surface area contributed by atoms with Crippen molar-refractivity contribution in [3.63, 3.8) is 0 Å². The number of carbonyl (C=O) groups is 1. The largest absolute Gasteiger partial charge is 0.352 e. The van der Waals surface area contributed by atoms with Crippen molar-refractivity contribution in [2.45, 2.75) is 38.5 Å². The first-order chi connectivity index (χ1) is 13.6. The number of rotatable bonds is 4. The monoisotopic (exact) mass is 376 g/mol. The minimum atomic E-state index is -0.214. The van der Waals surface area contributed by atoms with Gasteiger partial charge in [-0.3, -0.25) is 9.78 Å². The molecule has 2 aromatic carbocycles. The second-order valence-electron chi connectivity index (χ2n) is 7.86. The van der Waals surface area contributed by atoms with Gasteiger partial charge in [0, 0.05) is 23.7 Å². The number of hydrogen-bond donors (Lipinski definition) is 1. The molecule has 1 saturated carbocycles. The van der Waals surface area contributed by atoms with E-state index in [9.17, 15) is 9.18 Å². The van der Waals surface area contributed by atoms with E-state index in [4.69, 9.17) is 0 Å². The van der Waals surface area contributed by atoms with Crippen LogP contribution in [0.2, 0.25) is 0 Å². The zero-order valence-electron chi connectivity index (χ0n) is 16.1. The minimum absolute atomic E-state index is 0.00211. The number of aromatic nitrogens is 1. The van der Waals surface area contributed by atoms with Crippen LogP contribution in [0, 0.1) is 18.7 Å². The average Bonchev–Trinajstić information content (AvgIpc) is 2.72. The molecule has 1 heterocycles. The van der Waals surface area contributed by atoms with Crippen LogP contribution in [0.15, 0.2) is 54.7 Å². The molecule has 1 aromatic heterocycles. The van der Waals surface area contributed by atoms with Gasteiger partial charge in [-0.05, 0) is 86.4 Å². The van der Waals surface area contributed by atoms with Crippen LogP contribution in [0.5, 0.6) is 0 Å².